The molecule has 8 heteroatoms. The van der Waals surface area contributed by atoms with Gasteiger partial charge in [-0.2, -0.15) is 20.2 Å². The third-order valence-corrected chi connectivity index (χ3v) is 5.91. The molecule has 0 aliphatic heterocycles. The fourth-order valence-electron chi connectivity index (χ4n) is 4.16. The quantitative estimate of drug-likeness (QED) is 0.476. The van der Waals surface area contributed by atoms with Gasteiger partial charge in [0, 0.05) is 23.2 Å². The molecule has 0 bridgehead atoms. The van der Waals surface area contributed by atoms with Gasteiger partial charge in [-0.15, -0.1) is 0 Å². The van der Waals surface area contributed by atoms with Crippen molar-refractivity contribution in [3.63, 3.8) is 0 Å². The number of benzene rings is 1. The van der Waals surface area contributed by atoms with Crippen LogP contribution < -0.4 is 10.1 Å². The normalized spacial score (nSPS) is 21.8. The zero-order valence-corrected chi connectivity index (χ0v) is 17.0. The molecule has 0 amide bonds. The molecule has 0 spiro atoms. The molecule has 1 aliphatic rings. The van der Waals surface area contributed by atoms with E-state index < -0.39 is 5.60 Å². The molecular weight excluding hydrogens is 380 g/mol. The molecule has 1 fully saturated rings. The largest absolute Gasteiger partial charge is 0.480 e. The summed E-state index contributed by atoms with van der Waals surface area (Å²) in [6.07, 6.45) is 6.91. The minimum atomic E-state index is -0.569. The number of aromatic amines is 1. The number of H-pyrrole nitrogens is 1. The summed E-state index contributed by atoms with van der Waals surface area (Å²) in [5, 5.41) is 23.5. The van der Waals surface area contributed by atoms with E-state index in [1.54, 1.807) is 13.3 Å². The van der Waals surface area contributed by atoms with E-state index in [1.165, 1.54) is 0 Å². The summed E-state index contributed by atoms with van der Waals surface area (Å²) in [5.74, 6) is 1.06. The number of rotatable bonds is 4. The predicted molar refractivity (Wildman–Crippen MR) is 115 cm³/mol. The Morgan fingerprint density at radius 2 is 2.03 bits per heavy atom. The second kappa shape index (κ2) is 7.21. The highest BCUT2D eigenvalue weighted by Crippen LogP contribution is 2.36. The van der Waals surface area contributed by atoms with Gasteiger partial charge in [-0.1, -0.05) is 6.07 Å². The van der Waals surface area contributed by atoms with Crippen molar-refractivity contribution in [2.24, 2.45) is 0 Å². The highest BCUT2D eigenvalue weighted by Gasteiger charge is 2.29. The first-order chi connectivity index (χ1) is 14.5. The summed E-state index contributed by atoms with van der Waals surface area (Å²) in [7, 11) is 1.62. The summed E-state index contributed by atoms with van der Waals surface area (Å²) < 4.78 is 5.62. The lowest BCUT2D eigenvalue weighted by molar-refractivity contribution is 0.0195. The molecule has 30 heavy (non-hydrogen) atoms. The Bertz CT molecular complexity index is 1210. The number of nitrogens with zero attached hydrogens (tertiary/aromatic N) is 4. The van der Waals surface area contributed by atoms with Gasteiger partial charge in [0.05, 0.1) is 29.8 Å². The number of ether oxygens (including phenoxy) is 1. The van der Waals surface area contributed by atoms with Crippen LogP contribution >= 0.6 is 0 Å². The van der Waals surface area contributed by atoms with Gasteiger partial charge in [0.1, 0.15) is 5.65 Å². The molecule has 3 aromatic heterocycles. The zero-order valence-electron chi connectivity index (χ0n) is 17.0. The Labute approximate surface area is 173 Å². The lowest BCUT2D eigenvalue weighted by atomic mass is 9.84. The summed E-state index contributed by atoms with van der Waals surface area (Å²) in [6.45, 7) is 1.90. The van der Waals surface area contributed by atoms with E-state index in [4.69, 9.17) is 4.74 Å². The molecule has 0 radical (unpaired) electrons. The Balaban J connectivity index is 1.49. The van der Waals surface area contributed by atoms with Gasteiger partial charge in [0.2, 0.25) is 11.8 Å². The van der Waals surface area contributed by atoms with Gasteiger partial charge in [0.25, 0.3) is 0 Å². The van der Waals surface area contributed by atoms with Gasteiger partial charge >= 0.3 is 0 Å². The lowest BCUT2D eigenvalue weighted by Gasteiger charge is -2.33. The number of fused-ring (bicyclic) bond motifs is 2. The maximum absolute atomic E-state index is 10.2. The van der Waals surface area contributed by atoms with E-state index in [1.807, 2.05) is 31.3 Å². The fraction of sp³-hybridized carbons (Fsp3) is 0.364. The molecule has 3 heterocycles. The van der Waals surface area contributed by atoms with Crippen LogP contribution in [0.1, 0.15) is 32.6 Å². The average Bonchev–Trinajstić information content (AvgIpc) is 3.18. The molecule has 0 unspecified atom stereocenters. The van der Waals surface area contributed by atoms with Crippen molar-refractivity contribution in [1.82, 2.24) is 25.1 Å². The second-order valence-corrected chi connectivity index (χ2v) is 8.20. The van der Waals surface area contributed by atoms with E-state index in [0.29, 0.717) is 11.8 Å². The predicted octanol–water partition coefficient (Wildman–Crippen LogP) is 3.68. The van der Waals surface area contributed by atoms with Crippen LogP contribution in [0.25, 0.3) is 33.1 Å². The van der Waals surface area contributed by atoms with Crippen LogP contribution in [0.15, 0.2) is 36.7 Å². The first-order valence-electron chi connectivity index (χ1n) is 10.2. The van der Waals surface area contributed by atoms with Crippen molar-refractivity contribution >= 4 is 27.9 Å². The SMILES string of the molecule is COc1nc(N[C@H]2CC[C@@](C)(O)CC2)nc2[nH]cc(-c3ccc4nnccc4c3)c12. The maximum atomic E-state index is 10.2. The Morgan fingerprint density at radius 3 is 2.83 bits per heavy atom. The van der Waals surface area contributed by atoms with Gasteiger partial charge in [-0.05, 0) is 56.4 Å². The van der Waals surface area contributed by atoms with Crippen molar-refractivity contribution in [1.29, 1.82) is 0 Å². The molecule has 154 valence electrons. The van der Waals surface area contributed by atoms with Gasteiger partial charge < -0.3 is 20.1 Å². The minimum absolute atomic E-state index is 0.239. The third kappa shape index (κ3) is 3.43. The molecule has 3 N–H and O–H groups in total. The van der Waals surface area contributed by atoms with E-state index >= 15 is 0 Å². The summed E-state index contributed by atoms with van der Waals surface area (Å²) >= 11 is 0. The Morgan fingerprint density at radius 1 is 1.20 bits per heavy atom. The van der Waals surface area contributed by atoms with E-state index in [0.717, 1.165) is 58.7 Å². The molecule has 8 nitrogen and oxygen atoms in total. The molecule has 0 saturated heterocycles. The van der Waals surface area contributed by atoms with Crippen molar-refractivity contribution in [3.05, 3.63) is 36.7 Å². The molecular formula is C22H24N6O2. The van der Waals surface area contributed by atoms with Gasteiger partial charge in [-0.3, -0.25) is 0 Å². The van der Waals surface area contributed by atoms with Crippen LogP contribution in [-0.2, 0) is 0 Å². The van der Waals surface area contributed by atoms with E-state index in [9.17, 15) is 5.11 Å². The first-order valence-corrected chi connectivity index (χ1v) is 10.2. The number of anilines is 1. The molecule has 5 rings (SSSR count). The van der Waals surface area contributed by atoms with Crippen LogP contribution in [0.2, 0.25) is 0 Å². The van der Waals surface area contributed by atoms with Crippen molar-refractivity contribution < 1.29 is 9.84 Å². The van der Waals surface area contributed by atoms with Gasteiger partial charge in [-0.25, -0.2) is 0 Å². The first kappa shape index (κ1) is 18.7. The average molecular weight is 404 g/mol. The molecule has 1 saturated carbocycles. The molecule has 4 aromatic rings. The van der Waals surface area contributed by atoms with Crippen LogP contribution in [-0.4, -0.2) is 49.0 Å². The number of hydrogen-bond acceptors (Lipinski definition) is 7. The summed E-state index contributed by atoms with van der Waals surface area (Å²) in [5.41, 5.74) is 3.00. The van der Waals surface area contributed by atoms with Crippen LogP contribution in [0.3, 0.4) is 0 Å². The number of hydrogen-bond donors (Lipinski definition) is 3. The highest BCUT2D eigenvalue weighted by atomic mass is 16.5. The monoisotopic (exact) mass is 404 g/mol. The third-order valence-electron chi connectivity index (χ3n) is 5.91. The standard InChI is InChI=1S/C22H24N6O2/c1-22(29)8-5-15(6-9-22)25-21-26-19-18(20(27-21)30-2)16(12-23-19)13-3-4-17-14(11-13)7-10-24-28-17/h3-4,7,10-12,15,29H,5-6,8-9H2,1-2H3,(H2,23,25,26,27)/t15-,22+. The highest BCUT2D eigenvalue weighted by molar-refractivity contribution is 5.99. The zero-order chi connectivity index (χ0) is 20.7. The van der Waals surface area contributed by atoms with Gasteiger partial charge in [0.15, 0.2) is 0 Å². The van der Waals surface area contributed by atoms with E-state index in [2.05, 4.69) is 36.5 Å². The number of methoxy groups -OCH3 is 1. The van der Waals surface area contributed by atoms with Crippen molar-refractivity contribution in [3.8, 4) is 17.0 Å². The Kier molecular flexibility index (Phi) is 4.51. The van der Waals surface area contributed by atoms with E-state index in [-0.39, 0.29) is 6.04 Å². The number of aromatic nitrogens is 5. The minimum Gasteiger partial charge on any atom is -0.480 e. The number of nitrogens with one attached hydrogen (secondary N) is 2. The molecule has 1 aliphatic carbocycles. The fourth-order valence-corrected chi connectivity index (χ4v) is 4.16. The van der Waals surface area contributed by atoms with Crippen molar-refractivity contribution in [2.75, 3.05) is 12.4 Å². The summed E-state index contributed by atoms with van der Waals surface area (Å²) in [4.78, 5) is 12.6. The smallest absolute Gasteiger partial charge is 0.228 e. The van der Waals surface area contributed by atoms with Crippen LogP contribution in [0, 0.1) is 0 Å². The van der Waals surface area contributed by atoms with Crippen molar-refractivity contribution in [2.45, 2.75) is 44.2 Å². The maximum Gasteiger partial charge on any atom is 0.228 e. The number of aliphatic hydroxyl groups is 1. The lowest BCUT2D eigenvalue weighted by Crippen LogP contribution is -2.36. The molecule has 1 aromatic carbocycles. The topological polar surface area (TPSA) is 109 Å². The Hall–Kier alpha value is -3.26. The van der Waals surface area contributed by atoms with Crippen LogP contribution in [0.4, 0.5) is 5.95 Å². The molecule has 0 atom stereocenters. The second-order valence-electron chi connectivity index (χ2n) is 8.20. The van der Waals surface area contributed by atoms with Crippen LogP contribution in [0.5, 0.6) is 5.88 Å². The summed E-state index contributed by atoms with van der Waals surface area (Å²) in [6, 6.07) is 8.23.